The summed E-state index contributed by atoms with van der Waals surface area (Å²) < 4.78 is 0. The molecule has 1 saturated heterocycles. The second-order valence-corrected chi connectivity index (χ2v) is 6.77. The standard InChI is InChI=1S/C13H20N2OS/c1-3-11-8-15(4-5-17-11)12(16)13(9-14)6-10(2)7-13/h10-11H,3-8H2,1-2H3. The molecule has 1 heterocycles. The van der Waals surface area contributed by atoms with E-state index in [1.165, 1.54) is 0 Å². The van der Waals surface area contributed by atoms with Crippen LogP contribution in [0.15, 0.2) is 0 Å². The van der Waals surface area contributed by atoms with Crippen molar-refractivity contribution in [1.82, 2.24) is 4.90 Å². The number of rotatable bonds is 2. The van der Waals surface area contributed by atoms with E-state index in [1.807, 2.05) is 16.7 Å². The predicted molar refractivity (Wildman–Crippen MR) is 69.6 cm³/mol. The zero-order valence-corrected chi connectivity index (χ0v) is 11.4. The summed E-state index contributed by atoms with van der Waals surface area (Å²) in [4.78, 5) is 14.4. The van der Waals surface area contributed by atoms with Gasteiger partial charge in [0.15, 0.2) is 0 Å². The third-order valence-electron chi connectivity index (χ3n) is 3.90. The fraction of sp³-hybridized carbons (Fsp3) is 0.846. The second kappa shape index (κ2) is 4.89. The van der Waals surface area contributed by atoms with Crippen LogP contribution < -0.4 is 0 Å². The third kappa shape index (κ3) is 2.30. The number of carbonyl (C=O) groups is 1. The number of hydrogen-bond acceptors (Lipinski definition) is 3. The van der Waals surface area contributed by atoms with Gasteiger partial charge in [-0.15, -0.1) is 0 Å². The summed E-state index contributed by atoms with van der Waals surface area (Å²) in [5.41, 5.74) is -0.681. The molecule has 0 bridgehead atoms. The van der Waals surface area contributed by atoms with Gasteiger partial charge < -0.3 is 4.90 Å². The summed E-state index contributed by atoms with van der Waals surface area (Å²) in [6, 6.07) is 2.28. The first-order valence-electron chi connectivity index (χ1n) is 6.43. The van der Waals surface area contributed by atoms with Gasteiger partial charge in [0.05, 0.1) is 6.07 Å². The average molecular weight is 252 g/mol. The van der Waals surface area contributed by atoms with Gasteiger partial charge in [0.2, 0.25) is 5.91 Å². The molecule has 0 aromatic carbocycles. The molecule has 0 aromatic rings. The maximum Gasteiger partial charge on any atom is 0.243 e. The Kier molecular flexibility index (Phi) is 3.67. The molecule has 1 amide bonds. The number of amides is 1. The molecule has 4 heteroatoms. The van der Waals surface area contributed by atoms with E-state index < -0.39 is 5.41 Å². The van der Waals surface area contributed by atoms with Crippen LogP contribution in [0.1, 0.15) is 33.1 Å². The lowest BCUT2D eigenvalue weighted by molar-refractivity contribution is -0.145. The Balaban J connectivity index is 2.02. The first-order chi connectivity index (χ1) is 8.11. The van der Waals surface area contributed by atoms with Crippen molar-refractivity contribution in [2.45, 2.75) is 38.4 Å². The van der Waals surface area contributed by atoms with Crippen molar-refractivity contribution in [3.63, 3.8) is 0 Å². The van der Waals surface area contributed by atoms with E-state index in [9.17, 15) is 10.1 Å². The molecule has 2 rings (SSSR count). The molecule has 1 unspecified atom stereocenters. The Bertz CT molecular complexity index is 344. The summed E-state index contributed by atoms with van der Waals surface area (Å²) in [7, 11) is 0. The van der Waals surface area contributed by atoms with Gasteiger partial charge >= 0.3 is 0 Å². The molecule has 0 N–H and O–H groups in total. The Hall–Kier alpha value is -0.690. The van der Waals surface area contributed by atoms with Crippen LogP contribution in [0.4, 0.5) is 0 Å². The van der Waals surface area contributed by atoms with Crippen LogP contribution in [0, 0.1) is 22.7 Å². The normalized spacial score (nSPS) is 37.1. The molecule has 94 valence electrons. The molecule has 0 aromatic heterocycles. The lowest BCUT2D eigenvalue weighted by Gasteiger charge is -2.44. The predicted octanol–water partition coefficient (Wildman–Crippen LogP) is 2.28. The van der Waals surface area contributed by atoms with Gasteiger partial charge in [-0.2, -0.15) is 17.0 Å². The van der Waals surface area contributed by atoms with Crippen molar-refractivity contribution in [3.05, 3.63) is 0 Å². The van der Waals surface area contributed by atoms with Gasteiger partial charge in [-0.1, -0.05) is 13.8 Å². The maximum absolute atomic E-state index is 12.4. The Morgan fingerprint density at radius 1 is 1.59 bits per heavy atom. The summed E-state index contributed by atoms with van der Waals surface area (Å²) in [6.45, 7) is 5.93. The van der Waals surface area contributed by atoms with Crippen LogP contribution >= 0.6 is 11.8 Å². The number of nitrogens with zero attached hydrogens (tertiary/aromatic N) is 2. The van der Waals surface area contributed by atoms with Crippen molar-refractivity contribution in [2.75, 3.05) is 18.8 Å². The van der Waals surface area contributed by atoms with Gasteiger partial charge in [0, 0.05) is 24.1 Å². The monoisotopic (exact) mass is 252 g/mol. The molecular formula is C13H20N2OS. The summed E-state index contributed by atoms with van der Waals surface area (Å²) in [6.07, 6.45) is 2.61. The lowest BCUT2D eigenvalue weighted by atomic mass is 9.62. The first-order valence-corrected chi connectivity index (χ1v) is 7.48. The highest BCUT2D eigenvalue weighted by atomic mass is 32.2. The summed E-state index contributed by atoms with van der Waals surface area (Å²) >= 11 is 1.95. The van der Waals surface area contributed by atoms with E-state index >= 15 is 0 Å². The van der Waals surface area contributed by atoms with Gasteiger partial charge in [0.1, 0.15) is 5.41 Å². The SMILES string of the molecule is CCC1CN(C(=O)C2(C#N)CC(C)C2)CCS1. The quantitative estimate of drug-likeness (QED) is 0.757. The largest absolute Gasteiger partial charge is 0.339 e. The smallest absolute Gasteiger partial charge is 0.243 e. The topological polar surface area (TPSA) is 44.1 Å². The van der Waals surface area contributed by atoms with E-state index in [1.54, 1.807) is 0 Å². The minimum Gasteiger partial charge on any atom is -0.339 e. The summed E-state index contributed by atoms with van der Waals surface area (Å²) in [5.74, 6) is 1.64. The average Bonchev–Trinajstić information content (AvgIpc) is 2.34. The highest BCUT2D eigenvalue weighted by molar-refractivity contribution is 8.00. The minimum atomic E-state index is -0.681. The Morgan fingerprint density at radius 3 is 2.82 bits per heavy atom. The number of nitriles is 1. The van der Waals surface area contributed by atoms with E-state index in [-0.39, 0.29) is 5.91 Å². The van der Waals surface area contributed by atoms with Crippen molar-refractivity contribution in [1.29, 1.82) is 5.26 Å². The summed E-state index contributed by atoms with van der Waals surface area (Å²) in [5, 5.41) is 9.83. The molecule has 3 nitrogen and oxygen atoms in total. The Labute approximate surface area is 108 Å². The van der Waals surface area contributed by atoms with Crippen molar-refractivity contribution in [2.24, 2.45) is 11.3 Å². The number of carbonyl (C=O) groups excluding carboxylic acids is 1. The fourth-order valence-corrected chi connectivity index (χ4v) is 4.08. The van der Waals surface area contributed by atoms with Gasteiger partial charge in [0.25, 0.3) is 0 Å². The van der Waals surface area contributed by atoms with Crippen LogP contribution in [0.25, 0.3) is 0 Å². The maximum atomic E-state index is 12.4. The van der Waals surface area contributed by atoms with Crippen LogP contribution in [0.3, 0.4) is 0 Å². The minimum absolute atomic E-state index is 0.0943. The van der Waals surface area contributed by atoms with Crippen molar-refractivity contribution < 1.29 is 4.79 Å². The highest BCUT2D eigenvalue weighted by Crippen LogP contribution is 2.46. The molecule has 2 aliphatic rings. The van der Waals surface area contributed by atoms with Crippen molar-refractivity contribution in [3.8, 4) is 6.07 Å². The fourth-order valence-electron chi connectivity index (χ4n) is 2.90. The molecule has 1 aliphatic heterocycles. The first kappa shape index (κ1) is 12.8. The molecule has 2 fully saturated rings. The van der Waals surface area contributed by atoms with Gasteiger partial charge in [-0.25, -0.2) is 0 Å². The molecule has 0 radical (unpaired) electrons. The molecule has 17 heavy (non-hydrogen) atoms. The van der Waals surface area contributed by atoms with E-state index in [0.717, 1.165) is 38.1 Å². The zero-order valence-electron chi connectivity index (χ0n) is 10.6. The van der Waals surface area contributed by atoms with E-state index in [2.05, 4.69) is 19.9 Å². The van der Waals surface area contributed by atoms with Gasteiger partial charge in [-0.05, 0) is 25.2 Å². The lowest BCUT2D eigenvalue weighted by Crippen LogP contribution is -2.53. The van der Waals surface area contributed by atoms with Crippen molar-refractivity contribution >= 4 is 17.7 Å². The number of hydrogen-bond donors (Lipinski definition) is 0. The van der Waals surface area contributed by atoms with E-state index in [4.69, 9.17) is 0 Å². The van der Waals surface area contributed by atoms with Crippen LogP contribution in [0.2, 0.25) is 0 Å². The molecular weight excluding hydrogens is 232 g/mol. The van der Waals surface area contributed by atoms with Gasteiger partial charge in [-0.3, -0.25) is 4.79 Å². The Morgan fingerprint density at radius 2 is 2.29 bits per heavy atom. The van der Waals surface area contributed by atoms with Crippen LogP contribution in [-0.4, -0.2) is 34.9 Å². The zero-order chi connectivity index (χ0) is 12.5. The van der Waals surface area contributed by atoms with E-state index in [0.29, 0.717) is 11.2 Å². The molecule has 1 aliphatic carbocycles. The second-order valence-electron chi connectivity index (χ2n) is 5.36. The van der Waals surface area contributed by atoms with Crippen LogP contribution in [0.5, 0.6) is 0 Å². The molecule has 1 saturated carbocycles. The highest BCUT2D eigenvalue weighted by Gasteiger charge is 2.51. The molecule has 0 spiro atoms. The number of thioether (sulfide) groups is 1. The third-order valence-corrected chi connectivity index (χ3v) is 5.27. The van der Waals surface area contributed by atoms with Crippen LogP contribution in [-0.2, 0) is 4.79 Å². The molecule has 1 atom stereocenters.